The van der Waals surface area contributed by atoms with E-state index < -0.39 is 0 Å². The first kappa shape index (κ1) is 8.30. The molecule has 2 rings (SSSR count). The highest BCUT2D eigenvalue weighted by molar-refractivity contribution is 5.60. The fraction of sp³-hybridized carbons (Fsp3) is 0.364. The number of anilines is 1. The standard InChI is InChI=1S/C11H14N2/c1-2-4-10(5-3-1)13-11-6-8-12-9-7-11/h1-5,8,11,13H,6-7,9H2. The van der Waals surface area contributed by atoms with Crippen LogP contribution in [0.1, 0.15) is 12.8 Å². The van der Waals surface area contributed by atoms with Crippen molar-refractivity contribution < 1.29 is 0 Å². The van der Waals surface area contributed by atoms with E-state index in [-0.39, 0.29) is 0 Å². The quantitative estimate of drug-likeness (QED) is 0.731. The van der Waals surface area contributed by atoms with Gasteiger partial charge >= 0.3 is 0 Å². The van der Waals surface area contributed by atoms with Crippen molar-refractivity contribution >= 4 is 11.9 Å². The molecule has 0 amide bonds. The van der Waals surface area contributed by atoms with Crippen molar-refractivity contribution in [1.29, 1.82) is 0 Å². The van der Waals surface area contributed by atoms with E-state index in [4.69, 9.17) is 0 Å². The average molecular weight is 174 g/mol. The number of rotatable bonds is 2. The van der Waals surface area contributed by atoms with Crippen molar-refractivity contribution in [2.75, 3.05) is 11.9 Å². The lowest BCUT2D eigenvalue weighted by atomic mass is 10.1. The number of aliphatic imine (C=N–C) groups is 1. The fourth-order valence-corrected chi connectivity index (χ4v) is 1.54. The third kappa shape index (κ3) is 2.31. The molecule has 0 saturated heterocycles. The van der Waals surface area contributed by atoms with Gasteiger partial charge in [0.15, 0.2) is 0 Å². The maximum absolute atomic E-state index is 4.20. The summed E-state index contributed by atoms with van der Waals surface area (Å²) in [6.45, 7) is 0.963. The summed E-state index contributed by atoms with van der Waals surface area (Å²) in [6, 6.07) is 10.9. The Labute approximate surface area is 78.7 Å². The van der Waals surface area contributed by atoms with Crippen LogP contribution in [0, 0.1) is 0 Å². The molecule has 0 bridgehead atoms. The van der Waals surface area contributed by atoms with Crippen LogP contribution < -0.4 is 5.32 Å². The molecule has 1 atom stereocenters. The molecule has 0 aliphatic carbocycles. The summed E-state index contributed by atoms with van der Waals surface area (Å²) in [5.74, 6) is 0. The Kier molecular flexibility index (Phi) is 2.60. The highest BCUT2D eigenvalue weighted by atomic mass is 14.9. The predicted molar refractivity (Wildman–Crippen MR) is 56.4 cm³/mol. The molecule has 2 nitrogen and oxygen atoms in total. The summed E-state index contributed by atoms with van der Waals surface area (Å²) >= 11 is 0. The van der Waals surface area contributed by atoms with E-state index >= 15 is 0 Å². The fourth-order valence-electron chi connectivity index (χ4n) is 1.54. The van der Waals surface area contributed by atoms with E-state index in [0.29, 0.717) is 6.04 Å². The maximum atomic E-state index is 4.20. The van der Waals surface area contributed by atoms with E-state index in [0.717, 1.165) is 19.4 Å². The summed E-state index contributed by atoms with van der Waals surface area (Å²) in [4.78, 5) is 4.20. The van der Waals surface area contributed by atoms with Crippen LogP contribution in [0.25, 0.3) is 0 Å². The number of nitrogens with one attached hydrogen (secondary N) is 1. The molecule has 0 fully saturated rings. The largest absolute Gasteiger partial charge is 0.382 e. The maximum Gasteiger partial charge on any atom is 0.0405 e. The van der Waals surface area contributed by atoms with Gasteiger partial charge in [0.2, 0.25) is 0 Å². The zero-order chi connectivity index (χ0) is 8.93. The Hall–Kier alpha value is -1.31. The van der Waals surface area contributed by atoms with E-state index in [1.165, 1.54) is 5.69 Å². The van der Waals surface area contributed by atoms with Crippen LogP contribution >= 0.6 is 0 Å². The second kappa shape index (κ2) is 4.08. The molecular weight excluding hydrogens is 160 g/mol. The molecule has 1 heterocycles. The van der Waals surface area contributed by atoms with E-state index in [1.54, 1.807) is 0 Å². The van der Waals surface area contributed by atoms with Crippen LogP contribution in [0.3, 0.4) is 0 Å². The zero-order valence-corrected chi connectivity index (χ0v) is 7.61. The number of nitrogens with zero attached hydrogens (tertiary/aromatic N) is 1. The van der Waals surface area contributed by atoms with Crippen molar-refractivity contribution in [2.45, 2.75) is 18.9 Å². The van der Waals surface area contributed by atoms with E-state index in [2.05, 4.69) is 34.6 Å². The number of benzene rings is 1. The Bertz CT molecular complexity index is 279. The van der Waals surface area contributed by atoms with Gasteiger partial charge in [0.25, 0.3) is 0 Å². The second-order valence-corrected chi connectivity index (χ2v) is 3.32. The summed E-state index contributed by atoms with van der Waals surface area (Å²) in [5, 5.41) is 3.49. The van der Waals surface area contributed by atoms with Gasteiger partial charge in [0, 0.05) is 30.9 Å². The van der Waals surface area contributed by atoms with Gasteiger partial charge in [-0.1, -0.05) is 18.2 Å². The minimum atomic E-state index is 0.569. The molecule has 0 spiro atoms. The van der Waals surface area contributed by atoms with E-state index in [1.807, 2.05) is 12.3 Å². The molecule has 68 valence electrons. The smallest absolute Gasteiger partial charge is 0.0405 e. The molecule has 0 radical (unpaired) electrons. The number of para-hydroxylation sites is 1. The molecule has 1 aromatic carbocycles. The van der Waals surface area contributed by atoms with Gasteiger partial charge < -0.3 is 5.32 Å². The van der Waals surface area contributed by atoms with Gasteiger partial charge in [-0.25, -0.2) is 0 Å². The normalized spacial score (nSPS) is 21.4. The first-order valence-electron chi connectivity index (χ1n) is 4.75. The molecule has 1 aliphatic heterocycles. The van der Waals surface area contributed by atoms with Gasteiger partial charge in [-0.15, -0.1) is 0 Å². The Balaban J connectivity index is 1.94. The lowest BCUT2D eigenvalue weighted by Crippen LogP contribution is -2.23. The van der Waals surface area contributed by atoms with Crippen molar-refractivity contribution in [1.82, 2.24) is 0 Å². The number of hydrogen-bond acceptors (Lipinski definition) is 2. The summed E-state index contributed by atoms with van der Waals surface area (Å²) in [5.41, 5.74) is 1.21. The van der Waals surface area contributed by atoms with Crippen molar-refractivity contribution in [2.24, 2.45) is 4.99 Å². The van der Waals surface area contributed by atoms with Crippen molar-refractivity contribution in [3.8, 4) is 0 Å². The minimum absolute atomic E-state index is 0.569. The predicted octanol–water partition coefficient (Wildman–Crippen LogP) is 2.33. The lowest BCUT2D eigenvalue weighted by Gasteiger charge is -2.19. The molecule has 0 saturated carbocycles. The van der Waals surface area contributed by atoms with Gasteiger partial charge in [-0.05, 0) is 18.6 Å². The molecule has 1 unspecified atom stereocenters. The first-order chi connectivity index (χ1) is 6.45. The molecule has 1 N–H and O–H groups in total. The third-order valence-electron chi connectivity index (χ3n) is 2.27. The first-order valence-corrected chi connectivity index (χ1v) is 4.75. The van der Waals surface area contributed by atoms with Gasteiger partial charge in [0.05, 0.1) is 0 Å². The zero-order valence-electron chi connectivity index (χ0n) is 7.61. The highest BCUT2D eigenvalue weighted by Gasteiger charge is 2.08. The molecule has 0 aromatic heterocycles. The summed E-state index contributed by atoms with van der Waals surface area (Å²) < 4.78 is 0. The molecule has 13 heavy (non-hydrogen) atoms. The molecule has 1 aromatic rings. The average Bonchev–Trinajstić information content (AvgIpc) is 2.21. The third-order valence-corrected chi connectivity index (χ3v) is 2.27. The topological polar surface area (TPSA) is 24.4 Å². The van der Waals surface area contributed by atoms with Crippen molar-refractivity contribution in [3.05, 3.63) is 30.3 Å². The summed E-state index contributed by atoms with van der Waals surface area (Å²) in [7, 11) is 0. The highest BCUT2D eigenvalue weighted by Crippen LogP contribution is 2.12. The summed E-state index contributed by atoms with van der Waals surface area (Å²) in [6.07, 6.45) is 4.21. The van der Waals surface area contributed by atoms with Gasteiger partial charge in [-0.2, -0.15) is 0 Å². The van der Waals surface area contributed by atoms with Gasteiger partial charge in [0.1, 0.15) is 0 Å². The molecular formula is C11H14N2. The van der Waals surface area contributed by atoms with Crippen molar-refractivity contribution in [3.63, 3.8) is 0 Å². The van der Waals surface area contributed by atoms with Crippen LogP contribution in [0.5, 0.6) is 0 Å². The SMILES string of the molecule is C1=NCCC(Nc2ccccc2)C1. The Morgan fingerprint density at radius 2 is 2.08 bits per heavy atom. The van der Waals surface area contributed by atoms with Crippen LogP contribution in [-0.2, 0) is 0 Å². The van der Waals surface area contributed by atoms with Crippen LogP contribution in [0.15, 0.2) is 35.3 Å². The number of hydrogen-bond donors (Lipinski definition) is 1. The van der Waals surface area contributed by atoms with E-state index in [9.17, 15) is 0 Å². The Morgan fingerprint density at radius 3 is 2.77 bits per heavy atom. The lowest BCUT2D eigenvalue weighted by molar-refractivity contribution is 0.665. The second-order valence-electron chi connectivity index (χ2n) is 3.32. The van der Waals surface area contributed by atoms with Crippen LogP contribution in [0.2, 0.25) is 0 Å². The Morgan fingerprint density at radius 1 is 1.23 bits per heavy atom. The molecule has 2 heteroatoms. The molecule has 1 aliphatic rings. The van der Waals surface area contributed by atoms with Gasteiger partial charge in [-0.3, -0.25) is 4.99 Å². The minimum Gasteiger partial charge on any atom is -0.382 e. The van der Waals surface area contributed by atoms with Crippen LogP contribution in [-0.4, -0.2) is 18.8 Å². The van der Waals surface area contributed by atoms with Crippen LogP contribution in [0.4, 0.5) is 5.69 Å². The monoisotopic (exact) mass is 174 g/mol.